The van der Waals surface area contributed by atoms with Crippen molar-refractivity contribution in [2.45, 2.75) is 32.0 Å². The van der Waals surface area contributed by atoms with Crippen LogP contribution in [0.25, 0.3) is 0 Å². The molecule has 0 aliphatic carbocycles. The van der Waals surface area contributed by atoms with E-state index in [0.29, 0.717) is 18.7 Å². The van der Waals surface area contributed by atoms with Crippen molar-refractivity contribution in [3.63, 3.8) is 0 Å². The predicted octanol–water partition coefficient (Wildman–Crippen LogP) is 3.65. The second-order valence-electron chi connectivity index (χ2n) is 6.54. The first-order valence-corrected chi connectivity index (χ1v) is 8.70. The van der Waals surface area contributed by atoms with Crippen LogP contribution in [0, 0.1) is 21.4 Å². The number of nitro groups is 1. The number of hydrogen-bond acceptors (Lipinski definition) is 5. The van der Waals surface area contributed by atoms with E-state index < -0.39 is 0 Å². The van der Waals surface area contributed by atoms with E-state index in [9.17, 15) is 10.1 Å². The van der Waals surface area contributed by atoms with Crippen LogP contribution in [0.1, 0.15) is 29.5 Å². The highest BCUT2D eigenvalue weighted by Gasteiger charge is 2.20. The average molecular weight is 351 g/mol. The van der Waals surface area contributed by atoms with Crippen molar-refractivity contribution in [3.8, 4) is 6.07 Å². The molecular formula is C20H21N3O3. The van der Waals surface area contributed by atoms with Crippen molar-refractivity contribution >= 4 is 5.69 Å². The van der Waals surface area contributed by atoms with Gasteiger partial charge in [-0.05, 0) is 36.1 Å². The number of rotatable bonds is 7. The molecule has 0 spiro atoms. The highest BCUT2D eigenvalue weighted by atomic mass is 16.6. The fourth-order valence-corrected chi connectivity index (χ4v) is 3.24. The molecule has 26 heavy (non-hydrogen) atoms. The van der Waals surface area contributed by atoms with Crippen LogP contribution in [0.15, 0.2) is 48.5 Å². The number of hydrogen-bond donors (Lipinski definition) is 0. The fourth-order valence-electron chi connectivity index (χ4n) is 3.24. The molecule has 1 fully saturated rings. The average Bonchev–Trinajstić information content (AvgIpc) is 3.15. The Balaban J connectivity index is 1.73. The lowest BCUT2D eigenvalue weighted by Gasteiger charge is -2.25. The molecule has 1 heterocycles. The van der Waals surface area contributed by atoms with Gasteiger partial charge < -0.3 is 4.74 Å². The molecule has 1 aliphatic heterocycles. The number of benzene rings is 2. The van der Waals surface area contributed by atoms with Crippen LogP contribution in [0.3, 0.4) is 0 Å². The Morgan fingerprint density at radius 1 is 1.19 bits per heavy atom. The fraction of sp³-hybridized carbons (Fsp3) is 0.350. The molecule has 6 nitrogen and oxygen atoms in total. The van der Waals surface area contributed by atoms with Crippen LogP contribution in [0.2, 0.25) is 0 Å². The standard InChI is InChI=1S/C20H21N3O3/c21-12-17-3-1-4-18(11-17)14-22(15-20-5-2-10-26-20)13-16-6-8-19(9-7-16)23(24)25/h1,3-4,6-9,11,20H,2,5,10,13-15H2. The molecular weight excluding hydrogens is 330 g/mol. The Kier molecular flexibility index (Phi) is 5.95. The Hall–Kier alpha value is -2.75. The first-order chi connectivity index (χ1) is 12.6. The molecule has 1 atom stereocenters. The van der Waals surface area contributed by atoms with Crippen molar-refractivity contribution in [2.24, 2.45) is 0 Å². The summed E-state index contributed by atoms with van der Waals surface area (Å²) in [5, 5.41) is 19.9. The zero-order chi connectivity index (χ0) is 18.4. The summed E-state index contributed by atoms with van der Waals surface area (Å²) in [6.45, 7) is 2.98. The lowest BCUT2D eigenvalue weighted by molar-refractivity contribution is -0.384. The van der Waals surface area contributed by atoms with Gasteiger partial charge in [-0.15, -0.1) is 0 Å². The zero-order valence-corrected chi connectivity index (χ0v) is 14.5. The summed E-state index contributed by atoms with van der Waals surface area (Å²) >= 11 is 0. The van der Waals surface area contributed by atoms with Gasteiger partial charge in [-0.1, -0.05) is 24.3 Å². The van der Waals surface area contributed by atoms with E-state index in [4.69, 9.17) is 10.00 Å². The Morgan fingerprint density at radius 2 is 1.96 bits per heavy atom. The lowest BCUT2D eigenvalue weighted by Crippen LogP contribution is -2.31. The van der Waals surface area contributed by atoms with Crippen molar-refractivity contribution in [2.75, 3.05) is 13.2 Å². The molecule has 134 valence electrons. The summed E-state index contributed by atoms with van der Waals surface area (Å²) in [6, 6.07) is 16.4. The van der Waals surface area contributed by atoms with E-state index >= 15 is 0 Å². The quantitative estimate of drug-likeness (QED) is 0.562. The van der Waals surface area contributed by atoms with Gasteiger partial charge in [0, 0.05) is 38.4 Å². The molecule has 6 heteroatoms. The van der Waals surface area contributed by atoms with E-state index in [0.717, 1.165) is 37.1 Å². The monoisotopic (exact) mass is 351 g/mol. The smallest absolute Gasteiger partial charge is 0.269 e. The van der Waals surface area contributed by atoms with Crippen molar-refractivity contribution in [3.05, 3.63) is 75.3 Å². The maximum absolute atomic E-state index is 10.8. The summed E-state index contributed by atoms with van der Waals surface area (Å²) in [6.07, 6.45) is 2.35. The van der Waals surface area contributed by atoms with Gasteiger partial charge in [0.25, 0.3) is 5.69 Å². The first kappa shape index (κ1) is 18.1. The van der Waals surface area contributed by atoms with Gasteiger partial charge in [-0.25, -0.2) is 0 Å². The van der Waals surface area contributed by atoms with Gasteiger partial charge >= 0.3 is 0 Å². The van der Waals surface area contributed by atoms with Crippen molar-refractivity contribution in [1.82, 2.24) is 4.90 Å². The summed E-state index contributed by atoms with van der Waals surface area (Å²) in [5.74, 6) is 0. The van der Waals surface area contributed by atoms with Gasteiger partial charge in [-0.3, -0.25) is 15.0 Å². The van der Waals surface area contributed by atoms with Crippen LogP contribution < -0.4 is 0 Å². The summed E-state index contributed by atoms with van der Waals surface area (Å²) in [5.41, 5.74) is 2.84. The largest absolute Gasteiger partial charge is 0.377 e. The SMILES string of the molecule is N#Cc1cccc(CN(Cc2ccc([N+](=O)[O-])cc2)CC2CCCO2)c1. The minimum absolute atomic E-state index is 0.0983. The lowest BCUT2D eigenvalue weighted by atomic mass is 10.1. The van der Waals surface area contributed by atoms with E-state index in [-0.39, 0.29) is 16.7 Å². The summed E-state index contributed by atoms with van der Waals surface area (Å²) in [7, 11) is 0. The third-order valence-electron chi connectivity index (χ3n) is 4.50. The van der Waals surface area contributed by atoms with Crippen molar-refractivity contribution < 1.29 is 9.66 Å². The maximum Gasteiger partial charge on any atom is 0.269 e. The topological polar surface area (TPSA) is 79.4 Å². The van der Waals surface area contributed by atoms with Crippen LogP contribution >= 0.6 is 0 Å². The summed E-state index contributed by atoms with van der Waals surface area (Å²) < 4.78 is 5.77. The minimum Gasteiger partial charge on any atom is -0.377 e. The first-order valence-electron chi connectivity index (χ1n) is 8.70. The van der Waals surface area contributed by atoms with Gasteiger partial charge in [0.1, 0.15) is 0 Å². The normalized spacial score (nSPS) is 16.5. The van der Waals surface area contributed by atoms with Gasteiger partial charge in [0.05, 0.1) is 22.7 Å². The molecule has 1 aliphatic rings. The molecule has 0 N–H and O–H groups in total. The van der Waals surface area contributed by atoms with Crippen molar-refractivity contribution in [1.29, 1.82) is 5.26 Å². The molecule has 1 saturated heterocycles. The number of nitriles is 1. The van der Waals surface area contributed by atoms with Crippen LogP contribution in [-0.2, 0) is 17.8 Å². The second kappa shape index (κ2) is 8.56. The Morgan fingerprint density at radius 3 is 2.62 bits per heavy atom. The third kappa shape index (κ3) is 4.88. The number of non-ortho nitro benzene ring substituents is 1. The zero-order valence-electron chi connectivity index (χ0n) is 14.5. The molecule has 0 bridgehead atoms. The molecule has 0 radical (unpaired) electrons. The number of ether oxygens (including phenoxy) is 1. The number of nitro benzene ring substituents is 1. The highest BCUT2D eigenvalue weighted by Crippen LogP contribution is 2.19. The molecule has 0 amide bonds. The van der Waals surface area contributed by atoms with E-state index in [2.05, 4.69) is 11.0 Å². The van der Waals surface area contributed by atoms with Gasteiger partial charge in [0.2, 0.25) is 0 Å². The second-order valence-corrected chi connectivity index (χ2v) is 6.54. The summed E-state index contributed by atoms with van der Waals surface area (Å²) in [4.78, 5) is 12.7. The van der Waals surface area contributed by atoms with Crippen LogP contribution in [0.4, 0.5) is 5.69 Å². The molecule has 0 saturated carbocycles. The molecule has 0 aromatic heterocycles. The minimum atomic E-state index is -0.388. The number of nitrogens with zero attached hydrogens (tertiary/aromatic N) is 3. The molecule has 2 aromatic rings. The maximum atomic E-state index is 10.8. The van der Waals surface area contributed by atoms with E-state index in [1.807, 2.05) is 18.2 Å². The molecule has 2 aromatic carbocycles. The van der Waals surface area contributed by atoms with E-state index in [1.54, 1.807) is 18.2 Å². The molecule has 1 unspecified atom stereocenters. The van der Waals surface area contributed by atoms with Gasteiger partial charge in [-0.2, -0.15) is 5.26 Å². The Labute approximate surface area is 152 Å². The third-order valence-corrected chi connectivity index (χ3v) is 4.50. The van der Waals surface area contributed by atoms with Crippen LogP contribution in [0.5, 0.6) is 0 Å². The van der Waals surface area contributed by atoms with Crippen LogP contribution in [-0.4, -0.2) is 29.1 Å². The molecule has 3 rings (SSSR count). The predicted molar refractivity (Wildman–Crippen MR) is 97.3 cm³/mol. The van der Waals surface area contributed by atoms with Gasteiger partial charge in [0.15, 0.2) is 0 Å². The Bertz CT molecular complexity index is 793. The van der Waals surface area contributed by atoms with E-state index in [1.165, 1.54) is 12.1 Å². The highest BCUT2D eigenvalue weighted by molar-refractivity contribution is 5.34.